The second-order valence-corrected chi connectivity index (χ2v) is 3.31. The van der Waals surface area contributed by atoms with Crippen LogP contribution in [-0.4, -0.2) is 4.98 Å². The molecule has 0 amide bonds. The second-order valence-electron chi connectivity index (χ2n) is 2.42. The number of aromatic nitrogens is 1. The predicted molar refractivity (Wildman–Crippen MR) is 44.3 cm³/mol. The molecule has 2 aromatic rings. The van der Waals surface area contributed by atoms with Crippen LogP contribution in [0.1, 0.15) is 5.56 Å². The van der Waals surface area contributed by atoms with Crippen LogP contribution in [0.5, 0.6) is 0 Å². The fourth-order valence-electron chi connectivity index (χ4n) is 1.10. The van der Waals surface area contributed by atoms with Crippen molar-refractivity contribution in [2.24, 2.45) is 0 Å². The van der Waals surface area contributed by atoms with Gasteiger partial charge in [0.05, 0.1) is 15.7 Å². The molecule has 1 heterocycles. The molecule has 0 N–H and O–H groups in total. The largest absolute Gasteiger partial charge is 0.244 e. The number of benzene rings is 1. The van der Waals surface area contributed by atoms with E-state index in [2.05, 4.69) is 4.98 Å². The summed E-state index contributed by atoms with van der Waals surface area (Å²) in [4.78, 5) is 4.11. The normalized spacial score (nSPS) is 10.7. The SMILES string of the molecule is Cc1cc(F)cc2scnc12. The van der Waals surface area contributed by atoms with Crippen LogP contribution < -0.4 is 0 Å². The van der Waals surface area contributed by atoms with E-state index in [-0.39, 0.29) is 5.82 Å². The molecule has 0 aliphatic rings. The Bertz CT molecular complexity index is 394. The summed E-state index contributed by atoms with van der Waals surface area (Å²) in [6.45, 7) is 1.87. The van der Waals surface area contributed by atoms with Crippen LogP contribution in [0.25, 0.3) is 10.2 Å². The summed E-state index contributed by atoms with van der Waals surface area (Å²) in [7, 11) is 0. The third kappa shape index (κ3) is 1.01. The monoisotopic (exact) mass is 167 g/mol. The molecule has 0 unspecified atom stereocenters. The van der Waals surface area contributed by atoms with Crippen LogP contribution in [-0.2, 0) is 0 Å². The minimum absolute atomic E-state index is 0.181. The topological polar surface area (TPSA) is 12.9 Å². The van der Waals surface area contributed by atoms with Crippen molar-refractivity contribution < 1.29 is 4.39 Å². The molecule has 2 rings (SSSR count). The lowest BCUT2D eigenvalue weighted by atomic mass is 10.2. The zero-order chi connectivity index (χ0) is 7.84. The van der Waals surface area contributed by atoms with Crippen LogP contribution in [0.4, 0.5) is 4.39 Å². The lowest BCUT2D eigenvalue weighted by molar-refractivity contribution is 0.629. The molecule has 0 radical (unpaired) electrons. The van der Waals surface area contributed by atoms with Crippen molar-refractivity contribution in [3.05, 3.63) is 29.0 Å². The van der Waals surface area contributed by atoms with Gasteiger partial charge in [0, 0.05) is 0 Å². The van der Waals surface area contributed by atoms with E-state index in [1.54, 1.807) is 5.51 Å². The molecular formula is C8H6FNS. The van der Waals surface area contributed by atoms with Crippen molar-refractivity contribution in [1.82, 2.24) is 4.98 Å². The Morgan fingerprint density at radius 1 is 1.45 bits per heavy atom. The first-order chi connectivity index (χ1) is 5.27. The van der Waals surface area contributed by atoms with Gasteiger partial charge in [0.2, 0.25) is 0 Å². The zero-order valence-corrected chi connectivity index (χ0v) is 6.78. The molecule has 3 heteroatoms. The van der Waals surface area contributed by atoms with Gasteiger partial charge in [0.15, 0.2) is 0 Å². The highest BCUT2D eigenvalue weighted by atomic mass is 32.1. The van der Waals surface area contributed by atoms with Gasteiger partial charge in [-0.3, -0.25) is 0 Å². The Morgan fingerprint density at radius 2 is 2.27 bits per heavy atom. The van der Waals surface area contributed by atoms with Crippen LogP contribution in [0.2, 0.25) is 0 Å². The van der Waals surface area contributed by atoms with Crippen molar-refractivity contribution in [3.63, 3.8) is 0 Å². The standard InChI is InChI=1S/C8H6FNS/c1-5-2-6(9)3-7-8(5)10-4-11-7/h2-4H,1H3. The fourth-order valence-corrected chi connectivity index (χ4v) is 1.87. The molecule has 0 fully saturated rings. The number of aryl methyl sites for hydroxylation is 1. The van der Waals surface area contributed by atoms with Crippen LogP contribution >= 0.6 is 11.3 Å². The van der Waals surface area contributed by atoms with Crippen molar-refractivity contribution in [2.75, 3.05) is 0 Å². The molecule has 11 heavy (non-hydrogen) atoms. The highest BCUT2D eigenvalue weighted by Gasteiger charge is 2.01. The summed E-state index contributed by atoms with van der Waals surface area (Å²) in [5, 5.41) is 0. The molecule has 0 saturated carbocycles. The van der Waals surface area contributed by atoms with Gasteiger partial charge in [-0.2, -0.15) is 0 Å². The molecule has 0 atom stereocenters. The Kier molecular flexibility index (Phi) is 1.39. The molecule has 0 saturated heterocycles. The van der Waals surface area contributed by atoms with Gasteiger partial charge < -0.3 is 0 Å². The van der Waals surface area contributed by atoms with Crippen LogP contribution in [0, 0.1) is 12.7 Å². The summed E-state index contributed by atoms with van der Waals surface area (Å²) < 4.78 is 13.7. The number of fused-ring (bicyclic) bond motifs is 1. The van der Waals surface area contributed by atoms with Gasteiger partial charge in [-0.15, -0.1) is 11.3 Å². The maximum Gasteiger partial charge on any atom is 0.125 e. The summed E-state index contributed by atoms with van der Waals surface area (Å²) >= 11 is 1.46. The number of halogens is 1. The van der Waals surface area contributed by atoms with E-state index in [0.717, 1.165) is 15.8 Å². The molecule has 0 aliphatic heterocycles. The van der Waals surface area contributed by atoms with E-state index < -0.39 is 0 Å². The van der Waals surface area contributed by atoms with Gasteiger partial charge in [-0.25, -0.2) is 9.37 Å². The highest BCUT2D eigenvalue weighted by Crippen LogP contribution is 2.21. The first kappa shape index (κ1) is 6.73. The van der Waals surface area contributed by atoms with E-state index in [1.807, 2.05) is 6.92 Å². The number of hydrogen-bond acceptors (Lipinski definition) is 2. The molecular weight excluding hydrogens is 161 g/mol. The smallest absolute Gasteiger partial charge is 0.125 e. The van der Waals surface area contributed by atoms with Gasteiger partial charge >= 0.3 is 0 Å². The first-order valence-electron chi connectivity index (χ1n) is 3.27. The average Bonchev–Trinajstić information content (AvgIpc) is 2.34. The molecule has 1 nitrogen and oxygen atoms in total. The molecule has 0 aliphatic carbocycles. The summed E-state index contributed by atoms with van der Waals surface area (Å²) in [6.07, 6.45) is 0. The van der Waals surface area contributed by atoms with E-state index in [9.17, 15) is 4.39 Å². The van der Waals surface area contributed by atoms with Crippen molar-refractivity contribution in [3.8, 4) is 0 Å². The summed E-state index contributed by atoms with van der Waals surface area (Å²) in [5.41, 5.74) is 3.55. The molecule has 0 spiro atoms. The third-order valence-electron chi connectivity index (χ3n) is 1.59. The predicted octanol–water partition coefficient (Wildman–Crippen LogP) is 2.74. The Morgan fingerprint density at radius 3 is 3.09 bits per heavy atom. The van der Waals surface area contributed by atoms with E-state index in [0.29, 0.717) is 0 Å². The minimum atomic E-state index is -0.181. The second kappa shape index (κ2) is 2.27. The quantitative estimate of drug-likeness (QED) is 0.588. The number of thiazole rings is 1. The van der Waals surface area contributed by atoms with Gasteiger partial charge in [0.25, 0.3) is 0 Å². The summed E-state index contributed by atoms with van der Waals surface area (Å²) in [6, 6.07) is 3.02. The van der Waals surface area contributed by atoms with Crippen LogP contribution in [0.15, 0.2) is 17.6 Å². The Balaban J connectivity index is 2.91. The van der Waals surface area contributed by atoms with Crippen molar-refractivity contribution in [1.29, 1.82) is 0 Å². The molecule has 1 aromatic heterocycles. The van der Waals surface area contributed by atoms with E-state index in [1.165, 1.54) is 23.5 Å². The zero-order valence-electron chi connectivity index (χ0n) is 5.97. The lowest BCUT2D eigenvalue weighted by Crippen LogP contribution is -1.78. The third-order valence-corrected chi connectivity index (χ3v) is 2.37. The number of rotatable bonds is 0. The van der Waals surface area contributed by atoms with Crippen molar-refractivity contribution >= 4 is 21.6 Å². The molecule has 1 aromatic carbocycles. The maximum absolute atomic E-state index is 12.8. The fraction of sp³-hybridized carbons (Fsp3) is 0.125. The van der Waals surface area contributed by atoms with Gasteiger partial charge in [0.1, 0.15) is 5.82 Å². The van der Waals surface area contributed by atoms with E-state index in [4.69, 9.17) is 0 Å². The van der Waals surface area contributed by atoms with Crippen LogP contribution in [0.3, 0.4) is 0 Å². The minimum Gasteiger partial charge on any atom is -0.244 e. The molecule has 0 bridgehead atoms. The average molecular weight is 167 g/mol. The number of nitrogens with zero attached hydrogens (tertiary/aromatic N) is 1. The van der Waals surface area contributed by atoms with E-state index >= 15 is 0 Å². The maximum atomic E-state index is 12.8. The Hall–Kier alpha value is -0.960. The Labute approximate surface area is 67.5 Å². The van der Waals surface area contributed by atoms with Gasteiger partial charge in [-0.1, -0.05) is 0 Å². The highest BCUT2D eigenvalue weighted by molar-refractivity contribution is 7.16. The molecule has 56 valence electrons. The number of hydrogen-bond donors (Lipinski definition) is 0. The van der Waals surface area contributed by atoms with Gasteiger partial charge in [-0.05, 0) is 24.6 Å². The first-order valence-corrected chi connectivity index (χ1v) is 4.14. The lowest BCUT2D eigenvalue weighted by Gasteiger charge is -1.93. The van der Waals surface area contributed by atoms with Crippen molar-refractivity contribution in [2.45, 2.75) is 6.92 Å². The summed E-state index contributed by atoms with van der Waals surface area (Å²) in [5.74, 6) is -0.181.